The van der Waals surface area contributed by atoms with Gasteiger partial charge in [-0.2, -0.15) is 0 Å². The van der Waals surface area contributed by atoms with Crippen LogP contribution in [0.25, 0.3) is 0 Å². The van der Waals surface area contributed by atoms with Gasteiger partial charge >= 0.3 is 0 Å². The highest BCUT2D eigenvalue weighted by Crippen LogP contribution is 2.50. The first kappa shape index (κ1) is 14.4. The van der Waals surface area contributed by atoms with E-state index in [1.54, 1.807) is 0 Å². The van der Waals surface area contributed by atoms with E-state index < -0.39 is 0 Å². The molecule has 2 aliphatic rings. The molecule has 1 saturated heterocycles. The van der Waals surface area contributed by atoms with E-state index in [0.717, 1.165) is 31.2 Å². The second kappa shape index (κ2) is 5.35. The monoisotopic (exact) mass is 292 g/mol. The fraction of sp³-hybridized carbons (Fsp3) is 0.667. The third-order valence-corrected chi connectivity index (χ3v) is 5.72. The Bertz CT molecular complexity index is 483. The van der Waals surface area contributed by atoms with Crippen molar-refractivity contribution in [2.24, 2.45) is 11.3 Å². The summed E-state index contributed by atoms with van der Waals surface area (Å²) in [5.74, 6) is 1.49. The minimum absolute atomic E-state index is 0.160. The lowest BCUT2D eigenvalue weighted by atomic mass is 9.74. The molecule has 20 heavy (non-hydrogen) atoms. The Morgan fingerprint density at radius 3 is 2.40 bits per heavy atom. The second-order valence-corrected chi connectivity index (χ2v) is 7.20. The molecule has 0 N–H and O–H groups in total. The molecule has 1 nitrogen and oxygen atoms in total. The summed E-state index contributed by atoms with van der Waals surface area (Å²) in [7, 11) is 0. The molecule has 1 heterocycles. The first-order valence-corrected chi connectivity index (χ1v) is 8.33. The molecule has 2 heteroatoms. The normalized spacial score (nSPS) is 29.9. The number of alkyl halides is 1. The van der Waals surface area contributed by atoms with E-state index in [4.69, 9.17) is 16.3 Å². The lowest BCUT2D eigenvalue weighted by molar-refractivity contribution is 0.0402. The van der Waals surface area contributed by atoms with Crippen molar-refractivity contribution in [2.75, 3.05) is 12.5 Å². The van der Waals surface area contributed by atoms with Crippen molar-refractivity contribution < 1.29 is 4.74 Å². The molecule has 0 bridgehead atoms. The summed E-state index contributed by atoms with van der Waals surface area (Å²) in [6.07, 6.45) is 5.24. The standard InChI is InChI=1S/C18H25ClO/c1-12-8-13(2)16(14(3)9-12)10-18(11-19)6-7-20-17(18)15-4-5-15/h8-9,15,17H,4-7,10-11H2,1-3H3. The van der Waals surface area contributed by atoms with Gasteiger partial charge in [0.15, 0.2) is 0 Å². The number of aryl methyl sites for hydroxylation is 3. The summed E-state index contributed by atoms with van der Waals surface area (Å²) in [5.41, 5.74) is 5.83. The molecule has 1 aromatic rings. The highest BCUT2D eigenvalue weighted by Gasteiger charge is 2.50. The van der Waals surface area contributed by atoms with Gasteiger partial charge in [0.1, 0.15) is 0 Å². The van der Waals surface area contributed by atoms with E-state index in [1.165, 1.54) is 35.1 Å². The van der Waals surface area contributed by atoms with Crippen LogP contribution in [-0.4, -0.2) is 18.6 Å². The molecule has 2 atom stereocenters. The highest BCUT2D eigenvalue weighted by atomic mass is 35.5. The van der Waals surface area contributed by atoms with Crippen LogP contribution in [0.5, 0.6) is 0 Å². The molecule has 1 aliphatic carbocycles. The molecule has 0 amide bonds. The molecule has 2 fully saturated rings. The van der Waals surface area contributed by atoms with Gasteiger partial charge < -0.3 is 4.74 Å². The number of hydrogen-bond donors (Lipinski definition) is 0. The highest BCUT2D eigenvalue weighted by molar-refractivity contribution is 6.18. The average molecular weight is 293 g/mol. The van der Waals surface area contributed by atoms with E-state index in [9.17, 15) is 0 Å². The zero-order chi connectivity index (χ0) is 14.3. The third kappa shape index (κ3) is 2.51. The smallest absolute Gasteiger partial charge is 0.0674 e. The Morgan fingerprint density at radius 1 is 1.20 bits per heavy atom. The molecular formula is C18H25ClO. The topological polar surface area (TPSA) is 9.23 Å². The van der Waals surface area contributed by atoms with Gasteiger partial charge in [0.2, 0.25) is 0 Å². The summed E-state index contributed by atoms with van der Waals surface area (Å²) in [5, 5.41) is 0. The minimum Gasteiger partial charge on any atom is -0.377 e. The Kier molecular flexibility index (Phi) is 3.85. The van der Waals surface area contributed by atoms with Crippen molar-refractivity contribution in [3.63, 3.8) is 0 Å². The first-order valence-electron chi connectivity index (χ1n) is 7.80. The molecule has 2 unspecified atom stereocenters. The summed E-state index contributed by atoms with van der Waals surface area (Å²) in [6.45, 7) is 7.53. The van der Waals surface area contributed by atoms with Crippen LogP contribution in [0, 0.1) is 32.1 Å². The number of benzene rings is 1. The summed E-state index contributed by atoms with van der Waals surface area (Å²) < 4.78 is 6.07. The van der Waals surface area contributed by atoms with Crippen molar-refractivity contribution in [3.05, 3.63) is 34.4 Å². The summed E-state index contributed by atoms with van der Waals surface area (Å²) in [4.78, 5) is 0. The maximum Gasteiger partial charge on any atom is 0.0674 e. The molecule has 1 aromatic carbocycles. The van der Waals surface area contributed by atoms with Gasteiger partial charge in [0.25, 0.3) is 0 Å². The van der Waals surface area contributed by atoms with E-state index in [-0.39, 0.29) is 5.41 Å². The Morgan fingerprint density at radius 2 is 1.85 bits per heavy atom. The fourth-order valence-electron chi connectivity index (χ4n) is 3.96. The van der Waals surface area contributed by atoms with E-state index >= 15 is 0 Å². The quantitative estimate of drug-likeness (QED) is 0.738. The predicted octanol–water partition coefficient (Wildman–Crippen LogP) is 4.58. The summed E-state index contributed by atoms with van der Waals surface area (Å²) in [6, 6.07) is 4.60. The van der Waals surface area contributed by atoms with Crippen LogP contribution in [-0.2, 0) is 11.2 Å². The van der Waals surface area contributed by atoms with Gasteiger partial charge in [-0.3, -0.25) is 0 Å². The van der Waals surface area contributed by atoms with Gasteiger partial charge in [-0.15, -0.1) is 11.6 Å². The Labute approximate surface area is 127 Å². The molecule has 3 rings (SSSR count). The lowest BCUT2D eigenvalue weighted by Gasteiger charge is -2.33. The van der Waals surface area contributed by atoms with Gasteiger partial charge in [-0.1, -0.05) is 17.7 Å². The Hall–Kier alpha value is -0.530. The molecule has 0 spiro atoms. The van der Waals surface area contributed by atoms with E-state index in [1.807, 2.05) is 0 Å². The second-order valence-electron chi connectivity index (χ2n) is 6.93. The third-order valence-electron chi connectivity index (χ3n) is 5.19. The average Bonchev–Trinajstić information content (AvgIpc) is 3.15. The molecule has 1 aliphatic heterocycles. The number of rotatable bonds is 4. The van der Waals surface area contributed by atoms with Crippen molar-refractivity contribution in [1.82, 2.24) is 0 Å². The lowest BCUT2D eigenvalue weighted by Crippen LogP contribution is -2.37. The molecule has 1 saturated carbocycles. The van der Waals surface area contributed by atoms with Crippen molar-refractivity contribution in [3.8, 4) is 0 Å². The predicted molar refractivity (Wildman–Crippen MR) is 84.6 cm³/mol. The van der Waals surface area contributed by atoms with Crippen molar-refractivity contribution >= 4 is 11.6 Å². The van der Waals surface area contributed by atoms with Crippen LogP contribution in [0.15, 0.2) is 12.1 Å². The van der Waals surface area contributed by atoms with Crippen LogP contribution in [0.2, 0.25) is 0 Å². The van der Waals surface area contributed by atoms with Gasteiger partial charge in [-0.25, -0.2) is 0 Å². The van der Waals surface area contributed by atoms with Crippen LogP contribution >= 0.6 is 11.6 Å². The molecule has 0 radical (unpaired) electrons. The van der Waals surface area contributed by atoms with Crippen LogP contribution in [0.3, 0.4) is 0 Å². The zero-order valence-corrected chi connectivity index (χ0v) is 13.6. The molecule has 0 aromatic heterocycles. The van der Waals surface area contributed by atoms with Crippen molar-refractivity contribution in [1.29, 1.82) is 0 Å². The van der Waals surface area contributed by atoms with Gasteiger partial charge in [0, 0.05) is 17.9 Å². The van der Waals surface area contributed by atoms with Gasteiger partial charge in [-0.05, 0) is 69.1 Å². The number of ether oxygens (including phenoxy) is 1. The van der Waals surface area contributed by atoms with Gasteiger partial charge in [0.05, 0.1) is 6.10 Å². The number of hydrogen-bond acceptors (Lipinski definition) is 1. The largest absolute Gasteiger partial charge is 0.377 e. The first-order chi connectivity index (χ1) is 9.55. The molecular weight excluding hydrogens is 268 g/mol. The van der Waals surface area contributed by atoms with Crippen LogP contribution < -0.4 is 0 Å². The fourth-order valence-corrected chi connectivity index (χ4v) is 4.34. The minimum atomic E-state index is 0.160. The van der Waals surface area contributed by atoms with Crippen molar-refractivity contribution in [2.45, 2.75) is 52.6 Å². The number of halogens is 1. The van der Waals surface area contributed by atoms with E-state index in [2.05, 4.69) is 32.9 Å². The maximum atomic E-state index is 6.44. The Balaban J connectivity index is 1.91. The van der Waals surface area contributed by atoms with Crippen LogP contribution in [0.1, 0.15) is 41.5 Å². The van der Waals surface area contributed by atoms with Crippen LogP contribution in [0.4, 0.5) is 0 Å². The SMILES string of the molecule is Cc1cc(C)c(CC2(CCl)CCOC2C2CC2)c(C)c1. The molecule has 110 valence electrons. The summed E-state index contributed by atoms with van der Waals surface area (Å²) >= 11 is 6.44. The maximum absolute atomic E-state index is 6.44. The zero-order valence-electron chi connectivity index (χ0n) is 12.8. The van der Waals surface area contributed by atoms with E-state index in [0.29, 0.717) is 6.10 Å².